The fraction of sp³-hybridized carbons (Fsp3) is 0.500. The normalized spacial score (nSPS) is 19.5. The van der Waals surface area contributed by atoms with Crippen LogP contribution in [0.25, 0.3) is 6.08 Å². The summed E-state index contributed by atoms with van der Waals surface area (Å²) >= 11 is 1.63. The highest BCUT2D eigenvalue weighted by atomic mass is 32.2. The molecule has 0 saturated carbocycles. The van der Waals surface area contributed by atoms with Gasteiger partial charge in [-0.25, -0.2) is 13.2 Å². The third kappa shape index (κ3) is 6.38. The maximum Gasteiger partial charge on any atom is 0.331 e. The Morgan fingerprint density at radius 1 is 1.32 bits per heavy atom. The van der Waals surface area contributed by atoms with E-state index in [0.29, 0.717) is 12.8 Å². The molecule has 6 nitrogen and oxygen atoms in total. The number of amides is 1. The van der Waals surface area contributed by atoms with Crippen molar-refractivity contribution in [3.63, 3.8) is 0 Å². The number of carbonyl (C=O) groups is 2. The van der Waals surface area contributed by atoms with Gasteiger partial charge in [-0.3, -0.25) is 4.79 Å². The average Bonchev–Trinajstić information content (AvgIpc) is 3.04. The first-order valence-electron chi connectivity index (χ1n) is 9.26. The van der Waals surface area contributed by atoms with Crippen LogP contribution in [0.1, 0.15) is 32.3 Å². The molecule has 1 heterocycles. The Kier molecular flexibility index (Phi) is 8.12. The topological polar surface area (TPSA) is 80.8 Å². The van der Waals surface area contributed by atoms with Gasteiger partial charge in [0, 0.05) is 23.1 Å². The van der Waals surface area contributed by atoms with Gasteiger partial charge in [0.25, 0.3) is 5.91 Å². The molecule has 1 fully saturated rings. The van der Waals surface area contributed by atoms with Crippen molar-refractivity contribution >= 4 is 39.6 Å². The van der Waals surface area contributed by atoms with Crippen LogP contribution < -0.4 is 0 Å². The molecule has 0 aromatic heterocycles. The second kappa shape index (κ2) is 10.1. The summed E-state index contributed by atoms with van der Waals surface area (Å²) in [5, 5.41) is 0. The van der Waals surface area contributed by atoms with E-state index >= 15 is 0 Å². The molecule has 1 amide bonds. The molecule has 0 N–H and O–H groups in total. The molecule has 0 radical (unpaired) electrons. The molecule has 0 spiro atoms. The Balaban J connectivity index is 1.93. The smallest absolute Gasteiger partial charge is 0.331 e. The number of hydrogen-bond acceptors (Lipinski definition) is 6. The van der Waals surface area contributed by atoms with E-state index in [0.717, 1.165) is 10.5 Å². The molecule has 0 bridgehead atoms. The van der Waals surface area contributed by atoms with E-state index in [-0.39, 0.29) is 29.5 Å². The van der Waals surface area contributed by atoms with Crippen molar-refractivity contribution in [1.82, 2.24) is 4.90 Å². The van der Waals surface area contributed by atoms with Crippen molar-refractivity contribution in [1.29, 1.82) is 0 Å². The lowest BCUT2D eigenvalue weighted by atomic mass is 10.1. The zero-order chi connectivity index (χ0) is 20.7. The second-order valence-electron chi connectivity index (χ2n) is 6.83. The number of thioether (sulfide) groups is 1. The molecule has 154 valence electrons. The first kappa shape index (κ1) is 22.5. The van der Waals surface area contributed by atoms with Crippen LogP contribution in [0, 0.1) is 0 Å². The van der Waals surface area contributed by atoms with E-state index in [4.69, 9.17) is 4.74 Å². The van der Waals surface area contributed by atoms with Crippen LogP contribution in [0.5, 0.6) is 0 Å². The SMILES string of the molecule is CC[C@@H](C)N(C(=O)COC(=O)/C=C/c1ccc(SC)cc1)[C@H]1CCS(=O)(=O)C1. The predicted molar refractivity (Wildman–Crippen MR) is 112 cm³/mol. The Morgan fingerprint density at radius 2 is 2.00 bits per heavy atom. The van der Waals surface area contributed by atoms with Crippen LogP contribution in [0.2, 0.25) is 0 Å². The van der Waals surface area contributed by atoms with Crippen molar-refractivity contribution in [3.05, 3.63) is 35.9 Å². The summed E-state index contributed by atoms with van der Waals surface area (Å²) in [5.41, 5.74) is 0.860. The monoisotopic (exact) mass is 425 g/mol. The van der Waals surface area contributed by atoms with Crippen molar-refractivity contribution in [3.8, 4) is 0 Å². The molecular formula is C20H27NO5S2. The van der Waals surface area contributed by atoms with E-state index in [9.17, 15) is 18.0 Å². The molecule has 2 rings (SSSR count). The maximum absolute atomic E-state index is 12.6. The first-order chi connectivity index (χ1) is 13.3. The molecule has 8 heteroatoms. The average molecular weight is 426 g/mol. The van der Waals surface area contributed by atoms with Crippen LogP contribution in [-0.4, -0.2) is 61.6 Å². The van der Waals surface area contributed by atoms with Gasteiger partial charge in [0.15, 0.2) is 16.4 Å². The summed E-state index contributed by atoms with van der Waals surface area (Å²) in [6.07, 6.45) is 6.03. The van der Waals surface area contributed by atoms with Gasteiger partial charge >= 0.3 is 5.97 Å². The van der Waals surface area contributed by atoms with Gasteiger partial charge in [-0.15, -0.1) is 11.8 Å². The van der Waals surface area contributed by atoms with Gasteiger partial charge in [0.05, 0.1) is 11.5 Å². The summed E-state index contributed by atoms with van der Waals surface area (Å²) < 4.78 is 28.6. The number of hydrogen-bond donors (Lipinski definition) is 0. The molecule has 1 aromatic carbocycles. The predicted octanol–water partition coefficient (Wildman–Crippen LogP) is 2.78. The van der Waals surface area contributed by atoms with Gasteiger partial charge in [-0.2, -0.15) is 0 Å². The minimum Gasteiger partial charge on any atom is -0.452 e. The molecule has 0 aliphatic carbocycles. The highest BCUT2D eigenvalue weighted by Gasteiger charge is 2.36. The van der Waals surface area contributed by atoms with Crippen molar-refractivity contribution in [2.45, 2.75) is 43.7 Å². The summed E-state index contributed by atoms with van der Waals surface area (Å²) in [6, 6.07) is 7.24. The lowest BCUT2D eigenvalue weighted by Gasteiger charge is -2.33. The van der Waals surface area contributed by atoms with Gasteiger partial charge in [-0.1, -0.05) is 19.1 Å². The number of sulfone groups is 1. The number of benzene rings is 1. The fourth-order valence-corrected chi connectivity index (χ4v) is 5.26. The van der Waals surface area contributed by atoms with E-state index in [1.165, 1.54) is 6.08 Å². The number of carbonyl (C=O) groups excluding carboxylic acids is 2. The minimum absolute atomic E-state index is 0.0248. The molecular weight excluding hydrogens is 398 g/mol. The van der Waals surface area contributed by atoms with E-state index < -0.39 is 22.4 Å². The van der Waals surface area contributed by atoms with Gasteiger partial charge in [0.2, 0.25) is 0 Å². The van der Waals surface area contributed by atoms with Gasteiger partial charge in [0.1, 0.15) is 0 Å². The Bertz CT molecular complexity index is 818. The lowest BCUT2D eigenvalue weighted by Crippen LogP contribution is -2.48. The van der Waals surface area contributed by atoms with E-state index in [1.807, 2.05) is 44.4 Å². The molecule has 2 atom stereocenters. The summed E-state index contributed by atoms with van der Waals surface area (Å²) in [6.45, 7) is 3.42. The van der Waals surface area contributed by atoms with Crippen LogP contribution in [0.4, 0.5) is 0 Å². The molecule has 1 saturated heterocycles. The van der Waals surface area contributed by atoms with E-state index in [2.05, 4.69) is 0 Å². The van der Waals surface area contributed by atoms with Crippen LogP contribution in [-0.2, 0) is 24.2 Å². The zero-order valence-corrected chi connectivity index (χ0v) is 18.1. The van der Waals surface area contributed by atoms with Gasteiger partial charge < -0.3 is 9.64 Å². The second-order valence-corrected chi connectivity index (χ2v) is 9.94. The van der Waals surface area contributed by atoms with E-state index in [1.54, 1.807) is 22.7 Å². The number of rotatable bonds is 8. The Morgan fingerprint density at radius 3 is 2.54 bits per heavy atom. The van der Waals surface area contributed by atoms with Crippen LogP contribution in [0.3, 0.4) is 0 Å². The summed E-state index contributed by atoms with van der Waals surface area (Å²) in [5.74, 6) is -0.897. The third-order valence-electron chi connectivity index (χ3n) is 4.82. The van der Waals surface area contributed by atoms with Crippen molar-refractivity contribution in [2.75, 3.05) is 24.4 Å². The minimum atomic E-state index is -3.11. The quantitative estimate of drug-likeness (QED) is 0.362. The number of ether oxygens (including phenoxy) is 1. The highest BCUT2D eigenvalue weighted by molar-refractivity contribution is 7.98. The standard InChI is InChI=1S/C20H27NO5S2/c1-4-15(2)21(17-11-12-28(24,25)14-17)19(22)13-26-20(23)10-7-16-5-8-18(27-3)9-6-16/h5-10,15,17H,4,11-14H2,1-3H3/b10-7+/t15-,17+/m1/s1. The molecule has 28 heavy (non-hydrogen) atoms. The third-order valence-corrected chi connectivity index (χ3v) is 7.31. The van der Waals surface area contributed by atoms with Gasteiger partial charge in [-0.05, 0) is 49.8 Å². The summed E-state index contributed by atoms with van der Waals surface area (Å²) in [4.78, 5) is 27.3. The lowest BCUT2D eigenvalue weighted by molar-refractivity contribution is -0.150. The molecule has 0 unspecified atom stereocenters. The van der Waals surface area contributed by atoms with Crippen LogP contribution >= 0.6 is 11.8 Å². The molecule has 1 aliphatic heterocycles. The van der Waals surface area contributed by atoms with Crippen molar-refractivity contribution in [2.24, 2.45) is 0 Å². The number of esters is 1. The molecule has 1 aromatic rings. The molecule has 1 aliphatic rings. The van der Waals surface area contributed by atoms with Crippen molar-refractivity contribution < 1.29 is 22.7 Å². The fourth-order valence-electron chi connectivity index (χ4n) is 3.14. The Hall–Kier alpha value is -1.80. The highest BCUT2D eigenvalue weighted by Crippen LogP contribution is 2.21. The Labute approximate surface area is 171 Å². The first-order valence-corrected chi connectivity index (χ1v) is 12.3. The maximum atomic E-state index is 12.6. The zero-order valence-electron chi connectivity index (χ0n) is 16.5. The largest absolute Gasteiger partial charge is 0.452 e. The van der Waals surface area contributed by atoms with Crippen LogP contribution in [0.15, 0.2) is 35.2 Å². The number of nitrogens with zero attached hydrogens (tertiary/aromatic N) is 1. The summed E-state index contributed by atoms with van der Waals surface area (Å²) in [7, 11) is -3.11.